The van der Waals surface area contributed by atoms with Gasteiger partial charge >= 0.3 is 0 Å². The highest BCUT2D eigenvalue weighted by atomic mass is 79.9. The maximum Gasteiger partial charge on any atom is 0.255 e. The number of benzene rings is 5. The second-order valence-electron chi connectivity index (χ2n) is 8.68. The van der Waals surface area contributed by atoms with Gasteiger partial charge in [-0.3, -0.25) is 9.36 Å². The topological polar surface area (TPSA) is 46.9 Å². The first-order valence-corrected chi connectivity index (χ1v) is 12.8. The van der Waals surface area contributed by atoms with Gasteiger partial charge in [0, 0.05) is 32.5 Å². The predicted octanol–water partition coefficient (Wildman–Crippen LogP) is 8.37. The largest absolute Gasteiger partial charge is 0.321 e. The molecular weight excluding hydrogens is 522 g/mol. The van der Waals surface area contributed by atoms with E-state index in [1.54, 1.807) is 12.1 Å². The third-order valence-electron chi connectivity index (χ3n) is 6.29. The van der Waals surface area contributed by atoms with Gasteiger partial charge in [-0.25, -0.2) is 4.98 Å². The van der Waals surface area contributed by atoms with Gasteiger partial charge in [0.1, 0.15) is 5.82 Å². The molecule has 1 aromatic heterocycles. The third kappa shape index (κ3) is 4.57. The summed E-state index contributed by atoms with van der Waals surface area (Å²) in [6, 6.07) is 41.9. The molecule has 0 saturated heterocycles. The first-order chi connectivity index (χ1) is 18.2. The molecule has 6 rings (SSSR count). The Labute approximate surface area is 223 Å². The average Bonchev–Trinajstić information content (AvgIpc) is 3.33. The Bertz CT molecular complexity index is 1710. The second-order valence-corrected chi connectivity index (χ2v) is 9.60. The van der Waals surface area contributed by atoms with Crippen LogP contribution in [0, 0.1) is 0 Å². The Morgan fingerprint density at radius 1 is 0.703 bits per heavy atom. The monoisotopic (exact) mass is 543 g/mol. The molecule has 0 aliphatic heterocycles. The quantitative estimate of drug-likeness (QED) is 0.237. The van der Waals surface area contributed by atoms with E-state index in [0.29, 0.717) is 5.56 Å². The number of fused-ring (bicyclic) bond motifs is 1. The summed E-state index contributed by atoms with van der Waals surface area (Å²) < 4.78 is 3.12. The standard InChI is InChI=1S/C32H22BrN3O/c33-25-18-15-23(16-19-25)32(37)35-28-14-8-7-13-27(28)24-17-20-30-29(21-24)34-31(22-9-3-1-4-10-22)36(30)26-11-5-2-6-12-26/h1-21H,(H,35,37). The van der Waals surface area contributed by atoms with Crippen molar-refractivity contribution in [2.24, 2.45) is 0 Å². The lowest BCUT2D eigenvalue weighted by atomic mass is 10.0. The van der Waals surface area contributed by atoms with E-state index >= 15 is 0 Å². The van der Waals surface area contributed by atoms with Crippen LogP contribution in [0.2, 0.25) is 0 Å². The lowest BCUT2D eigenvalue weighted by molar-refractivity contribution is 0.102. The van der Waals surface area contributed by atoms with Crippen molar-refractivity contribution in [3.63, 3.8) is 0 Å². The number of rotatable bonds is 5. The minimum absolute atomic E-state index is 0.152. The van der Waals surface area contributed by atoms with Gasteiger partial charge in [-0.05, 0) is 60.2 Å². The van der Waals surface area contributed by atoms with Gasteiger partial charge in [-0.2, -0.15) is 0 Å². The summed E-state index contributed by atoms with van der Waals surface area (Å²) in [5, 5.41) is 3.08. The first kappa shape index (κ1) is 23.0. The average molecular weight is 544 g/mol. The Morgan fingerprint density at radius 2 is 1.38 bits per heavy atom. The van der Waals surface area contributed by atoms with E-state index in [1.165, 1.54) is 0 Å². The van der Waals surface area contributed by atoms with Crippen LogP contribution in [0.3, 0.4) is 0 Å². The summed E-state index contributed by atoms with van der Waals surface area (Å²) in [5.41, 5.74) is 7.27. The number of nitrogens with one attached hydrogen (secondary N) is 1. The lowest BCUT2D eigenvalue weighted by Gasteiger charge is -2.12. The highest BCUT2D eigenvalue weighted by Gasteiger charge is 2.16. The summed E-state index contributed by atoms with van der Waals surface area (Å²) >= 11 is 3.42. The van der Waals surface area contributed by atoms with Crippen molar-refractivity contribution in [3.05, 3.63) is 137 Å². The Morgan fingerprint density at radius 3 is 2.14 bits per heavy atom. The molecule has 37 heavy (non-hydrogen) atoms. The normalized spacial score (nSPS) is 10.9. The van der Waals surface area contributed by atoms with Crippen molar-refractivity contribution in [3.8, 4) is 28.2 Å². The molecule has 5 aromatic carbocycles. The van der Waals surface area contributed by atoms with Crippen LogP contribution >= 0.6 is 15.9 Å². The predicted molar refractivity (Wildman–Crippen MR) is 154 cm³/mol. The Hall–Kier alpha value is -4.48. The molecule has 0 aliphatic carbocycles. The van der Waals surface area contributed by atoms with Crippen LogP contribution in [0.5, 0.6) is 0 Å². The van der Waals surface area contributed by atoms with Crippen LogP contribution < -0.4 is 5.32 Å². The number of halogens is 1. The molecule has 1 amide bonds. The van der Waals surface area contributed by atoms with Crippen LogP contribution in [0.25, 0.3) is 39.2 Å². The number of carbonyl (C=O) groups is 1. The van der Waals surface area contributed by atoms with Crippen LogP contribution in [0.4, 0.5) is 5.69 Å². The van der Waals surface area contributed by atoms with E-state index in [1.807, 2.05) is 72.8 Å². The fraction of sp³-hybridized carbons (Fsp3) is 0. The zero-order valence-electron chi connectivity index (χ0n) is 19.8. The zero-order chi connectivity index (χ0) is 25.2. The van der Waals surface area contributed by atoms with Gasteiger partial charge < -0.3 is 5.32 Å². The summed E-state index contributed by atoms with van der Waals surface area (Å²) in [7, 11) is 0. The maximum atomic E-state index is 12.9. The maximum absolute atomic E-state index is 12.9. The van der Waals surface area contributed by atoms with E-state index in [4.69, 9.17) is 4.98 Å². The summed E-state index contributed by atoms with van der Waals surface area (Å²) in [5.74, 6) is 0.733. The molecule has 1 N–H and O–H groups in total. The van der Waals surface area contributed by atoms with Crippen LogP contribution in [-0.2, 0) is 0 Å². The highest BCUT2D eigenvalue weighted by Crippen LogP contribution is 2.34. The van der Waals surface area contributed by atoms with Crippen molar-refractivity contribution in [1.29, 1.82) is 0 Å². The van der Waals surface area contributed by atoms with Crippen molar-refractivity contribution < 1.29 is 4.79 Å². The fourth-order valence-electron chi connectivity index (χ4n) is 4.51. The van der Waals surface area contributed by atoms with Crippen molar-refractivity contribution in [2.75, 3.05) is 5.32 Å². The van der Waals surface area contributed by atoms with Gasteiger partial charge in [-0.15, -0.1) is 0 Å². The summed E-state index contributed by atoms with van der Waals surface area (Å²) in [4.78, 5) is 18.0. The second kappa shape index (κ2) is 9.88. The Balaban J connectivity index is 1.44. The number of anilines is 1. The molecule has 0 saturated carbocycles. The van der Waals surface area contributed by atoms with Crippen LogP contribution in [0.1, 0.15) is 10.4 Å². The molecule has 4 nitrogen and oxygen atoms in total. The zero-order valence-corrected chi connectivity index (χ0v) is 21.4. The van der Waals surface area contributed by atoms with Crippen LogP contribution in [0.15, 0.2) is 132 Å². The Kier molecular flexibility index (Phi) is 6.13. The molecule has 5 heteroatoms. The summed E-state index contributed by atoms with van der Waals surface area (Å²) in [6.07, 6.45) is 0. The number of carbonyl (C=O) groups excluding carboxylic acids is 1. The van der Waals surface area contributed by atoms with Crippen LogP contribution in [-0.4, -0.2) is 15.5 Å². The van der Waals surface area contributed by atoms with Crippen molar-refractivity contribution >= 4 is 38.6 Å². The van der Waals surface area contributed by atoms with Crippen molar-refractivity contribution in [1.82, 2.24) is 9.55 Å². The van der Waals surface area contributed by atoms with Gasteiger partial charge in [0.25, 0.3) is 5.91 Å². The highest BCUT2D eigenvalue weighted by molar-refractivity contribution is 9.10. The smallest absolute Gasteiger partial charge is 0.255 e. The number of hydrogen-bond acceptors (Lipinski definition) is 2. The lowest BCUT2D eigenvalue weighted by Crippen LogP contribution is -2.12. The van der Waals surface area contributed by atoms with E-state index in [2.05, 4.69) is 68.3 Å². The number of para-hydroxylation sites is 2. The van der Waals surface area contributed by atoms with E-state index < -0.39 is 0 Å². The molecule has 6 aromatic rings. The van der Waals surface area contributed by atoms with Gasteiger partial charge in [0.2, 0.25) is 0 Å². The van der Waals surface area contributed by atoms with E-state index in [0.717, 1.165) is 49.4 Å². The van der Waals surface area contributed by atoms with Crippen molar-refractivity contribution in [2.45, 2.75) is 0 Å². The molecule has 0 unspecified atom stereocenters. The SMILES string of the molecule is O=C(Nc1ccccc1-c1ccc2c(c1)nc(-c1ccccc1)n2-c1ccccc1)c1ccc(Br)cc1. The molecular formula is C32H22BrN3O. The third-order valence-corrected chi connectivity index (χ3v) is 6.82. The number of amides is 1. The fourth-order valence-corrected chi connectivity index (χ4v) is 4.77. The van der Waals surface area contributed by atoms with Gasteiger partial charge in [0.05, 0.1) is 11.0 Å². The molecule has 0 spiro atoms. The molecule has 0 aliphatic rings. The van der Waals surface area contributed by atoms with Gasteiger partial charge in [-0.1, -0.05) is 88.7 Å². The van der Waals surface area contributed by atoms with E-state index in [9.17, 15) is 4.79 Å². The minimum atomic E-state index is -0.152. The molecule has 178 valence electrons. The summed E-state index contributed by atoms with van der Waals surface area (Å²) in [6.45, 7) is 0. The number of nitrogens with zero attached hydrogens (tertiary/aromatic N) is 2. The van der Waals surface area contributed by atoms with Gasteiger partial charge in [0.15, 0.2) is 0 Å². The minimum Gasteiger partial charge on any atom is -0.321 e. The number of hydrogen-bond donors (Lipinski definition) is 1. The number of aromatic nitrogens is 2. The van der Waals surface area contributed by atoms with E-state index in [-0.39, 0.29) is 5.91 Å². The molecule has 0 bridgehead atoms. The molecule has 0 fully saturated rings. The molecule has 0 radical (unpaired) electrons. The number of imidazole rings is 1. The molecule has 1 heterocycles. The first-order valence-electron chi connectivity index (χ1n) is 12.0. The molecule has 0 atom stereocenters.